The summed E-state index contributed by atoms with van der Waals surface area (Å²) in [7, 11) is 0. The molecule has 0 aromatic heterocycles. The monoisotopic (exact) mass is 209 g/mol. The topological polar surface area (TPSA) is 72.6 Å². The fourth-order valence-electron chi connectivity index (χ4n) is 1.07. The van der Waals surface area contributed by atoms with Crippen LogP contribution >= 0.6 is 0 Å². The second-order valence-corrected chi connectivity index (χ2v) is 3.42. The van der Waals surface area contributed by atoms with Gasteiger partial charge in [0.1, 0.15) is 11.9 Å². The third-order valence-electron chi connectivity index (χ3n) is 2.14. The zero-order chi connectivity index (χ0) is 11.4. The van der Waals surface area contributed by atoms with Crippen molar-refractivity contribution in [2.24, 2.45) is 5.73 Å². The Balaban J connectivity index is 2.89. The van der Waals surface area contributed by atoms with Gasteiger partial charge in [0.05, 0.1) is 11.7 Å². The second-order valence-electron chi connectivity index (χ2n) is 3.42. The molecule has 0 radical (unpaired) electrons. The molecular formula is C11H15NO3. The second kappa shape index (κ2) is 4.79. The molecule has 82 valence electrons. The predicted molar refractivity (Wildman–Crippen MR) is 56.7 cm³/mol. The SMILES string of the molecule is CC(O)C(C)Oc1ccccc1C(N)=O. The molecule has 0 aliphatic carbocycles. The maximum absolute atomic E-state index is 11.1. The molecule has 0 aliphatic heterocycles. The Morgan fingerprint density at radius 2 is 2.00 bits per heavy atom. The van der Waals surface area contributed by atoms with Gasteiger partial charge < -0.3 is 15.6 Å². The number of hydrogen-bond donors (Lipinski definition) is 2. The average molecular weight is 209 g/mol. The number of primary amides is 1. The van der Waals surface area contributed by atoms with E-state index in [1.54, 1.807) is 38.1 Å². The number of benzene rings is 1. The molecule has 1 amide bonds. The third kappa shape index (κ3) is 2.95. The first kappa shape index (κ1) is 11.5. The standard InChI is InChI=1S/C11H15NO3/c1-7(13)8(2)15-10-6-4-3-5-9(10)11(12)14/h3-8,13H,1-2H3,(H2,12,14). The summed E-state index contributed by atoms with van der Waals surface area (Å²) in [4.78, 5) is 11.1. The highest BCUT2D eigenvalue weighted by Crippen LogP contribution is 2.19. The zero-order valence-corrected chi connectivity index (χ0v) is 8.81. The van der Waals surface area contributed by atoms with Crippen molar-refractivity contribution in [2.45, 2.75) is 26.1 Å². The maximum Gasteiger partial charge on any atom is 0.252 e. The first-order valence-electron chi connectivity index (χ1n) is 4.76. The highest BCUT2D eigenvalue weighted by Gasteiger charge is 2.14. The van der Waals surface area contributed by atoms with Gasteiger partial charge in [-0.1, -0.05) is 12.1 Å². The largest absolute Gasteiger partial charge is 0.487 e. The number of carbonyl (C=O) groups is 1. The number of nitrogens with two attached hydrogens (primary N) is 1. The van der Waals surface area contributed by atoms with Crippen LogP contribution in [-0.4, -0.2) is 23.2 Å². The van der Waals surface area contributed by atoms with Gasteiger partial charge >= 0.3 is 0 Å². The predicted octanol–water partition coefficient (Wildman–Crippen LogP) is 0.934. The Morgan fingerprint density at radius 1 is 1.40 bits per heavy atom. The van der Waals surface area contributed by atoms with Gasteiger partial charge in [0.25, 0.3) is 5.91 Å². The number of ether oxygens (including phenoxy) is 1. The van der Waals surface area contributed by atoms with E-state index < -0.39 is 12.0 Å². The fraction of sp³-hybridized carbons (Fsp3) is 0.364. The van der Waals surface area contributed by atoms with Crippen LogP contribution in [0.3, 0.4) is 0 Å². The average Bonchev–Trinajstić information content (AvgIpc) is 2.18. The van der Waals surface area contributed by atoms with Gasteiger partial charge in [0.2, 0.25) is 0 Å². The van der Waals surface area contributed by atoms with Crippen molar-refractivity contribution in [3.63, 3.8) is 0 Å². The van der Waals surface area contributed by atoms with Gasteiger partial charge in [-0.2, -0.15) is 0 Å². The van der Waals surface area contributed by atoms with Gasteiger partial charge in [0, 0.05) is 0 Å². The van der Waals surface area contributed by atoms with Crippen LogP contribution < -0.4 is 10.5 Å². The summed E-state index contributed by atoms with van der Waals surface area (Å²) >= 11 is 0. The molecule has 4 heteroatoms. The molecule has 0 saturated heterocycles. The number of rotatable bonds is 4. The Morgan fingerprint density at radius 3 is 2.53 bits per heavy atom. The summed E-state index contributed by atoms with van der Waals surface area (Å²) in [6, 6.07) is 6.70. The van der Waals surface area contributed by atoms with Gasteiger partial charge in [0.15, 0.2) is 0 Å². The summed E-state index contributed by atoms with van der Waals surface area (Å²) in [5.74, 6) is -0.137. The van der Waals surface area contributed by atoms with Crippen molar-refractivity contribution < 1.29 is 14.6 Å². The van der Waals surface area contributed by atoms with Crippen LogP contribution in [0, 0.1) is 0 Å². The van der Waals surface area contributed by atoms with E-state index in [-0.39, 0.29) is 6.10 Å². The van der Waals surface area contributed by atoms with Gasteiger partial charge in [-0.05, 0) is 26.0 Å². The number of aliphatic hydroxyl groups excluding tert-OH is 1. The number of aliphatic hydroxyl groups is 1. The molecule has 1 aromatic carbocycles. The molecule has 1 rings (SSSR count). The van der Waals surface area contributed by atoms with Crippen LogP contribution in [0.1, 0.15) is 24.2 Å². The Labute approximate surface area is 88.7 Å². The van der Waals surface area contributed by atoms with Crippen molar-refractivity contribution in [3.8, 4) is 5.75 Å². The Bertz CT molecular complexity index is 349. The van der Waals surface area contributed by atoms with Crippen LogP contribution in [0.2, 0.25) is 0 Å². The summed E-state index contributed by atoms with van der Waals surface area (Å²) in [5, 5.41) is 9.27. The summed E-state index contributed by atoms with van der Waals surface area (Å²) < 4.78 is 5.42. The first-order valence-corrected chi connectivity index (χ1v) is 4.76. The number of carbonyl (C=O) groups excluding carboxylic acids is 1. The smallest absolute Gasteiger partial charge is 0.252 e. The van der Waals surface area contributed by atoms with E-state index in [1.807, 2.05) is 0 Å². The summed E-state index contributed by atoms with van der Waals surface area (Å²) in [5.41, 5.74) is 5.51. The lowest BCUT2D eigenvalue weighted by molar-refractivity contribution is 0.0593. The third-order valence-corrected chi connectivity index (χ3v) is 2.14. The lowest BCUT2D eigenvalue weighted by Gasteiger charge is -2.18. The minimum atomic E-state index is -0.606. The summed E-state index contributed by atoms with van der Waals surface area (Å²) in [6.07, 6.45) is -0.989. The number of hydrogen-bond acceptors (Lipinski definition) is 3. The Kier molecular flexibility index (Phi) is 3.68. The molecule has 0 saturated carbocycles. The van der Waals surface area contributed by atoms with Gasteiger partial charge in [-0.25, -0.2) is 0 Å². The fourth-order valence-corrected chi connectivity index (χ4v) is 1.07. The summed E-state index contributed by atoms with van der Waals surface area (Å²) in [6.45, 7) is 3.35. The number of para-hydroxylation sites is 1. The van der Waals surface area contributed by atoms with Crippen LogP contribution in [-0.2, 0) is 0 Å². The van der Waals surface area contributed by atoms with Crippen LogP contribution in [0.25, 0.3) is 0 Å². The van der Waals surface area contributed by atoms with E-state index in [0.717, 1.165) is 0 Å². The minimum Gasteiger partial charge on any atom is -0.487 e. The molecule has 15 heavy (non-hydrogen) atoms. The number of amides is 1. The molecule has 2 unspecified atom stereocenters. The van der Waals surface area contributed by atoms with E-state index in [9.17, 15) is 9.90 Å². The van der Waals surface area contributed by atoms with Crippen molar-refractivity contribution in [3.05, 3.63) is 29.8 Å². The first-order chi connectivity index (χ1) is 7.02. The molecule has 0 heterocycles. The van der Waals surface area contributed by atoms with Gasteiger partial charge in [-0.15, -0.1) is 0 Å². The van der Waals surface area contributed by atoms with Crippen LogP contribution in [0.15, 0.2) is 24.3 Å². The molecule has 0 fully saturated rings. The Hall–Kier alpha value is -1.55. The molecule has 3 N–H and O–H groups in total. The van der Waals surface area contributed by atoms with E-state index in [1.165, 1.54) is 0 Å². The van der Waals surface area contributed by atoms with Crippen molar-refractivity contribution in [1.82, 2.24) is 0 Å². The normalized spacial score (nSPS) is 14.3. The van der Waals surface area contributed by atoms with Crippen molar-refractivity contribution in [1.29, 1.82) is 0 Å². The molecule has 4 nitrogen and oxygen atoms in total. The van der Waals surface area contributed by atoms with E-state index in [4.69, 9.17) is 10.5 Å². The molecule has 0 spiro atoms. The minimum absolute atomic E-state index is 0.324. The maximum atomic E-state index is 11.1. The van der Waals surface area contributed by atoms with E-state index >= 15 is 0 Å². The van der Waals surface area contributed by atoms with Crippen molar-refractivity contribution in [2.75, 3.05) is 0 Å². The molecule has 2 atom stereocenters. The van der Waals surface area contributed by atoms with Crippen LogP contribution in [0.4, 0.5) is 0 Å². The van der Waals surface area contributed by atoms with E-state index in [2.05, 4.69) is 0 Å². The molecule has 1 aromatic rings. The van der Waals surface area contributed by atoms with Gasteiger partial charge in [-0.3, -0.25) is 4.79 Å². The molecule has 0 bridgehead atoms. The van der Waals surface area contributed by atoms with E-state index in [0.29, 0.717) is 11.3 Å². The quantitative estimate of drug-likeness (QED) is 0.774. The lowest BCUT2D eigenvalue weighted by atomic mass is 10.2. The zero-order valence-electron chi connectivity index (χ0n) is 8.81. The molecule has 0 aliphatic rings. The highest BCUT2D eigenvalue weighted by molar-refractivity contribution is 5.95. The van der Waals surface area contributed by atoms with Crippen molar-refractivity contribution >= 4 is 5.91 Å². The highest BCUT2D eigenvalue weighted by atomic mass is 16.5. The van der Waals surface area contributed by atoms with Crippen LogP contribution in [0.5, 0.6) is 5.75 Å². The molecular weight excluding hydrogens is 194 g/mol. The lowest BCUT2D eigenvalue weighted by Crippen LogP contribution is -2.26.